The van der Waals surface area contributed by atoms with E-state index in [4.69, 9.17) is 9.52 Å². The second kappa shape index (κ2) is 6.48. The molecule has 0 amide bonds. The Morgan fingerprint density at radius 2 is 2.05 bits per heavy atom. The first-order chi connectivity index (χ1) is 10.7. The third kappa shape index (κ3) is 3.14. The lowest BCUT2D eigenvalue weighted by Crippen LogP contribution is -2.22. The van der Waals surface area contributed by atoms with E-state index in [-0.39, 0.29) is 13.2 Å². The molecule has 1 aromatic heterocycles. The van der Waals surface area contributed by atoms with E-state index in [1.807, 2.05) is 42.5 Å². The van der Waals surface area contributed by atoms with Crippen molar-refractivity contribution in [3.05, 3.63) is 46.9 Å². The zero-order valence-electron chi connectivity index (χ0n) is 11.7. The Balaban J connectivity index is 1.89. The number of fused-ring (bicyclic) bond motifs is 1. The van der Waals surface area contributed by atoms with Crippen LogP contribution in [0.2, 0.25) is 0 Å². The Labute approximate surface area is 135 Å². The lowest BCUT2D eigenvalue weighted by molar-refractivity contribution is 0.105. The Kier molecular flexibility index (Phi) is 4.42. The maximum Gasteiger partial charge on any atom is 0.228 e. The highest BCUT2D eigenvalue weighted by Gasteiger charge is 2.11. The number of anilines is 1. The third-order valence-corrected chi connectivity index (χ3v) is 3.94. The number of benzene rings is 2. The fourth-order valence-electron chi connectivity index (χ4n) is 2.09. The lowest BCUT2D eigenvalue weighted by Gasteiger charge is -2.09. The minimum atomic E-state index is -0.788. The Morgan fingerprint density at radius 3 is 2.82 bits per heavy atom. The average Bonchev–Trinajstić information content (AvgIpc) is 2.95. The van der Waals surface area contributed by atoms with Crippen LogP contribution in [0.1, 0.15) is 0 Å². The number of oxazole rings is 1. The minimum absolute atomic E-state index is 0.272. The van der Waals surface area contributed by atoms with Crippen molar-refractivity contribution >= 4 is 32.7 Å². The molecule has 3 rings (SSSR count). The van der Waals surface area contributed by atoms with Gasteiger partial charge in [-0.3, -0.25) is 0 Å². The Morgan fingerprint density at radius 1 is 1.23 bits per heavy atom. The van der Waals surface area contributed by atoms with Crippen LogP contribution in [0.4, 0.5) is 5.69 Å². The molecule has 3 aromatic rings. The van der Waals surface area contributed by atoms with E-state index < -0.39 is 6.10 Å². The van der Waals surface area contributed by atoms with E-state index in [9.17, 15) is 5.11 Å². The number of aromatic nitrogens is 1. The maximum absolute atomic E-state index is 9.36. The standard InChI is InChI=1S/C16H15BrN2O3/c17-13-4-2-1-3-12(13)16-19-14-7-10(5-6-15(14)22-16)18-8-11(21)9-20/h1-7,11,18,20-21H,8-9H2. The summed E-state index contributed by atoms with van der Waals surface area (Å²) >= 11 is 3.49. The van der Waals surface area contributed by atoms with Crippen molar-refractivity contribution in [3.63, 3.8) is 0 Å². The van der Waals surface area contributed by atoms with Crippen LogP contribution in [-0.2, 0) is 0 Å². The van der Waals surface area contributed by atoms with Crippen LogP contribution in [0.5, 0.6) is 0 Å². The van der Waals surface area contributed by atoms with Gasteiger partial charge >= 0.3 is 0 Å². The molecular formula is C16H15BrN2O3. The van der Waals surface area contributed by atoms with E-state index in [1.54, 1.807) is 0 Å². The van der Waals surface area contributed by atoms with Crippen molar-refractivity contribution < 1.29 is 14.6 Å². The topological polar surface area (TPSA) is 78.5 Å². The summed E-state index contributed by atoms with van der Waals surface area (Å²) in [4.78, 5) is 4.50. The number of rotatable bonds is 5. The van der Waals surface area contributed by atoms with Crippen LogP contribution >= 0.6 is 15.9 Å². The zero-order chi connectivity index (χ0) is 15.5. The molecule has 2 aromatic carbocycles. The predicted octanol–water partition coefficient (Wildman–Crippen LogP) is 3.02. The van der Waals surface area contributed by atoms with Crippen LogP contribution in [0, 0.1) is 0 Å². The molecule has 0 saturated heterocycles. The molecule has 6 heteroatoms. The molecule has 22 heavy (non-hydrogen) atoms. The van der Waals surface area contributed by atoms with Crippen LogP contribution < -0.4 is 5.32 Å². The summed E-state index contributed by atoms with van der Waals surface area (Å²) in [6.45, 7) is 0.00232. The van der Waals surface area contributed by atoms with Crippen LogP contribution in [0.15, 0.2) is 51.4 Å². The van der Waals surface area contributed by atoms with Crippen molar-refractivity contribution in [1.29, 1.82) is 0 Å². The van der Waals surface area contributed by atoms with Crippen LogP contribution in [0.3, 0.4) is 0 Å². The first-order valence-corrected chi connectivity index (χ1v) is 7.65. The van der Waals surface area contributed by atoms with Gasteiger partial charge in [0.15, 0.2) is 5.58 Å². The quantitative estimate of drug-likeness (QED) is 0.650. The molecule has 1 heterocycles. The van der Waals surface area contributed by atoms with Crippen LogP contribution in [0.25, 0.3) is 22.6 Å². The molecule has 1 atom stereocenters. The molecular weight excluding hydrogens is 348 g/mol. The number of halogens is 1. The zero-order valence-corrected chi connectivity index (χ0v) is 13.2. The number of aliphatic hydroxyl groups excluding tert-OH is 2. The molecule has 0 saturated carbocycles. The summed E-state index contributed by atoms with van der Waals surface area (Å²) in [7, 11) is 0. The van der Waals surface area contributed by atoms with Gasteiger partial charge in [-0.15, -0.1) is 0 Å². The maximum atomic E-state index is 9.36. The normalized spacial score (nSPS) is 12.5. The SMILES string of the molecule is OCC(O)CNc1ccc2oc(-c3ccccc3Br)nc2c1. The highest BCUT2D eigenvalue weighted by molar-refractivity contribution is 9.10. The van der Waals surface area contributed by atoms with Crippen molar-refractivity contribution in [2.75, 3.05) is 18.5 Å². The van der Waals surface area contributed by atoms with Crippen molar-refractivity contribution in [2.45, 2.75) is 6.10 Å². The fraction of sp³-hybridized carbons (Fsp3) is 0.188. The number of nitrogens with one attached hydrogen (secondary N) is 1. The molecule has 0 fully saturated rings. The molecule has 114 valence electrons. The lowest BCUT2D eigenvalue weighted by atomic mass is 10.2. The number of aliphatic hydroxyl groups is 2. The molecule has 0 aliphatic heterocycles. The van der Waals surface area contributed by atoms with Gasteiger partial charge in [0, 0.05) is 16.7 Å². The highest BCUT2D eigenvalue weighted by atomic mass is 79.9. The predicted molar refractivity (Wildman–Crippen MR) is 88.7 cm³/mol. The summed E-state index contributed by atoms with van der Waals surface area (Å²) in [5.74, 6) is 0.551. The van der Waals surface area contributed by atoms with Gasteiger partial charge in [-0.05, 0) is 46.3 Å². The molecule has 0 aliphatic carbocycles. The minimum Gasteiger partial charge on any atom is -0.436 e. The molecule has 5 nitrogen and oxygen atoms in total. The van der Waals surface area contributed by atoms with E-state index in [0.717, 1.165) is 21.2 Å². The van der Waals surface area contributed by atoms with Gasteiger partial charge < -0.3 is 19.9 Å². The van der Waals surface area contributed by atoms with Gasteiger partial charge in [-0.2, -0.15) is 0 Å². The van der Waals surface area contributed by atoms with Crippen molar-refractivity contribution in [3.8, 4) is 11.5 Å². The first kappa shape index (κ1) is 15.0. The van der Waals surface area contributed by atoms with E-state index >= 15 is 0 Å². The van der Waals surface area contributed by atoms with Crippen molar-refractivity contribution in [2.24, 2.45) is 0 Å². The van der Waals surface area contributed by atoms with Gasteiger partial charge in [-0.25, -0.2) is 4.98 Å². The molecule has 0 bridgehead atoms. The Hall–Kier alpha value is -1.89. The van der Waals surface area contributed by atoms with Gasteiger partial charge in [0.2, 0.25) is 5.89 Å². The molecule has 0 aliphatic rings. The number of hydrogen-bond acceptors (Lipinski definition) is 5. The average molecular weight is 363 g/mol. The number of hydrogen-bond donors (Lipinski definition) is 3. The third-order valence-electron chi connectivity index (χ3n) is 3.24. The second-order valence-corrected chi connectivity index (χ2v) is 5.75. The first-order valence-electron chi connectivity index (χ1n) is 6.85. The van der Waals surface area contributed by atoms with Gasteiger partial charge in [-0.1, -0.05) is 12.1 Å². The monoisotopic (exact) mass is 362 g/mol. The van der Waals surface area contributed by atoms with Crippen LogP contribution in [-0.4, -0.2) is 34.5 Å². The molecule has 0 spiro atoms. The van der Waals surface area contributed by atoms with E-state index in [0.29, 0.717) is 11.5 Å². The smallest absolute Gasteiger partial charge is 0.228 e. The largest absolute Gasteiger partial charge is 0.436 e. The van der Waals surface area contributed by atoms with Gasteiger partial charge in [0.05, 0.1) is 18.3 Å². The molecule has 3 N–H and O–H groups in total. The van der Waals surface area contributed by atoms with Gasteiger partial charge in [0.1, 0.15) is 5.52 Å². The van der Waals surface area contributed by atoms with E-state index in [2.05, 4.69) is 26.2 Å². The summed E-state index contributed by atoms with van der Waals surface area (Å²) in [5.41, 5.74) is 3.13. The summed E-state index contributed by atoms with van der Waals surface area (Å²) in [6.07, 6.45) is -0.788. The van der Waals surface area contributed by atoms with Crippen molar-refractivity contribution in [1.82, 2.24) is 4.98 Å². The fourth-order valence-corrected chi connectivity index (χ4v) is 2.54. The number of nitrogens with zero attached hydrogens (tertiary/aromatic N) is 1. The highest BCUT2D eigenvalue weighted by Crippen LogP contribution is 2.30. The molecule has 0 radical (unpaired) electrons. The Bertz CT molecular complexity index is 788. The second-order valence-electron chi connectivity index (χ2n) is 4.90. The molecule has 1 unspecified atom stereocenters. The summed E-state index contributed by atoms with van der Waals surface area (Å²) in [5, 5.41) is 21.2. The van der Waals surface area contributed by atoms with Gasteiger partial charge in [0.25, 0.3) is 0 Å². The van der Waals surface area contributed by atoms with E-state index in [1.165, 1.54) is 0 Å². The summed E-state index contributed by atoms with van der Waals surface area (Å²) < 4.78 is 6.70. The summed E-state index contributed by atoms with van der Waals surface area (Å²) in [6, 6.07) is 13.3.